The number of amides is 1. The molecule has 170 valence electrons. The van der Waals surface area contributed by atoms with Gasteiger partial charge in [0.2, 0.25) is 0 Å². The number of carbonyl (C=O) groups excluding carboxylic acids is 1. The summed E-state index contributed by atoms with van der Waals surface area (Å²) in [6.07, 6.45) is 0.0870. The van der Waals surface area contributed by atoms with E-state index in [1.54, 1.807) is 17.0 Å². The van der Waals surface area contributed by atoms with Crippen molar-refractivity contribution in [1.82, 2.24) is 0 Å². The van der Waals surface area contributed by atoms with Crippen LogP contribution in [0.5, 0.6) is 11.5 Å². The smallest absolute Gasteiger partial charge is 0.303 e. The van der Waals surface area contributed by atoms with Gasteiger partial charge in [-0.1, -0.05) is 54.1 Å². The third-order valence-corrected chi connectivity index (χ3v) is 5.69. The number of benzene rings is 3. The van der Waals surface area contributed by atoms with Crippen molar-refractivity contribution < 1.29 is 24.2 Å². The molecule has 0 saturated heterocycles. The minimum absolute atomic E-state index is 0.0288. The van der Waals surface area contributed by atoms with Gasteiger partial charge in [0.1, 0.15) is 11.5 Å². The van der Waals surface area contributed by atoms with Crippen LogP contribution in [0.4, 0.5) is 5.69 Å². The third-order valence-electron chi connectivity index (χ3n) is 5.44. The normalized spacial score (nSPS) is 15.0. The van der Waals surface area contributed by atoms with Crippen molar-refractivity contribution in [3.05, 3.63) is 88.9 Å². The number of anilines is 1. The molecule has 0 radical (unpaired) electrons. The van der Waals surface area contributed by atoms with E-state index in [1.807, 2.05) is 60.7 Å². The molecule has 0 fully saturated rings. The molecule has 1 atom stereocenters. The summed E-state index contributed by atoms with van der Waals surface area (Å²) in [5, 5.41) is 9.60. The fraction of sp³-hybridized carbons (Fsp3) is 0.231. The lowest BCUT2D eigenvalue weighted by atomic mass is 10.1. The van der Waals surface area contributed by atoms with Crippen molar-refractivity contribution in [1.29, 1.82) is 0 Å². The first kappa shape index (κ1) is 22.7. The predicted molar refractivity (Wildman–Crippen MR) is 126 cm³/mol. The second kappa shape index (κ2) is 10.4. The van der Waals surface area contributed by atoms with Crippen LogP contribution < -0.4 is 14.4 Å². The molecule has 1 aliphatic heterocycles. The molecule has 33 heavy (non-hydrogen) atoms. The summed E-state index contributed by atoms with van der Waals surface area (Å²) < 4.78 is 11.9. The second-order valence-electron chi connectivity index (χ2n) is 7.76. The summed E-state index contributed by atoms with van der Waals surface area (Å²) >= 11 is 6.00. The summed E-state index contributed by atoms with van der Waals surface area (Å²) in [5.74, 6) is 0.287. The highest BCUT2D eigenvalue weighted by molar-refractivity contribution is 6.30. The van der Waals surface area contributed by atoms with E-state index in [0.29, 0.717) is 35.9 Å². The van der Waals surface area contributed by atoms with Crippen molar-refractivity contribution in [2.45, 2.75) is 31.9 Å². The Bertz CT molecular complexity index is 1130. The fourth-order valence-electron chi connectivity index (χ4n) is 3.76. The molecule has 4 rings (SSSR count). The van der Waals surface area contributed by atoms with E-state index >= 15 is 0 Å². The highest BCUT2D eigenvalue weighted by Crippen LogP contribution is 2.35. The molecule has 0 bridgehead atoms. The van der Waals surface area contributed by atoms with Gasteiger partial charge < -0.3 is 19.5 Å². The number of carboxylic acid groups (broad SMARTS) is 1. The number of aliphatic carboxylic acids is 1. The summed E-state index contributed by atoms with van der Waals surface area (Å²) in [5.41, 5.74) is 2.52. The van der Waals surface area contributed by atoms with Crippen LogP contribution >= 0.6 is 11.6 Å². The lowest BCUT2D eigenvalue weighted by Gasteiger charge is -2.34. The summed E-state index contributed by atoms with van der Waals surface area (Å²) in [6, 6.07) is 22.2. The zero-order valence-corrected chi connectivity index (χ0v) is 18.7. The van der Waals surface area contributed by atoms with E-state index in [-0.39, 0.29) is 18.9 Å². The standard InChI is InChI=1S/C26H24ClNO5/c27-20-12-9-18(10-13-20)17-28-21-6-2-4-8-23(21)33-24(26(28)31)15-16-32-22-7-3-1-5-19(22)11-14-25(29)30/h1-10,12-13,24H,11,14-17H2,(H,29,30). The number of hydrogen-bond donors (Lipinski definition) is 1. The summed E-state index contributed by atoms with van der Waals surface area (Å²) in [7, 11) is 0. The first-order chi connectivity index (χ1) is 16.0. The number of para-hydroxylation sites is 3. The highest BCUT2D eigenvalue weighted by atomic mass is 35.5. The molecule has 7 heteroatoms. The van der Waals surface area contributed by atoms with Crippen molar-refractivity contribution in [2.75, 3.05) is 11.5 Å². The molecule has 0 spiro atoms. The molecule has 1 heterocycles. The van der Waals surface area contributed by atoms with E-state index in [2.05, 4.69) is 0 Å². The zero-order chi connectivity index (χ0) is 23.2. The monoisotopic (exact) mass is 465 g/mol. The van der Waals surface area contributed by atoms with Crippen molar-refractivity contribution in [3.8, 4) is 11.5 Å². The van der Waals surface area contributed by atoms with Crippen LogP contribution in [0.2, 0.25) is 5.02 Å². The molecular weight excluding hydrogens is 442 g/mol. The molecule has 1 amide bonds. The molecule has 6 nitrogen and oxygen atoms in total. The van der Waals surface area contributed by atoms with Crippen LogP contribution in [-0.4, -0.2) is 29.7 Å². The maximum atomic E-state index is 13.3. The largest absolute Gasteiger partial charge is 0.493 e. The number of carboxylic acids is 1. The van der Waals surface area contributed by atoms with Crippen LogP contribution in [0, 0.1) is 0 Å². The van der Waals surface area contributed by atoms with Gasteiger partial charge in [0.05, 0.1) is 18.8 Å². The van der Waals surface area contributed by atoms with Gasteiger partial charge in [0.15, 0.2) is 6.10 Å². The highest BCUT2D eigenvalue weighted by Gasteiger charge is 2.34. The van der Waals surface area contributed by atoms with Crippen molar-refractivity contribution in [3.63, 3.8) is 0 Å². The average molecular weight is 466 g/mol. The van der Waals surface area contributed by atoms with Gasteiger partial charge in [0.25, 0.3) is 5.91 Å². The molecular formula is C26H24ClNO5. The van der Waals surface area contributed by atoms with E-state index in [9.17, 15) is 9.59 Å². The van der Waals surface area contributed by atoms with Crippen LogP contribution in [0.25, 0.3) is 0 Å². The Kier molecular flexibility index (Phi) is 7.15. The number of ether oxygens (including phenoxy) is 2. The fourth-order valence-corrected chi connectivity index (χ4v) is 3.89. The Balaban J connectivity index is 1.45. The molecule has 3 aromatic rings. The Labute approximate surface area is 197 Å². The third kappa shape index (κ3) is 5.65. The maximum Gasteiger partial charge on any atom is 0.303 e. The summed E-state index contributed by atoms with van der Waals surface area (Å²) in [6.45, 7) is 0.670. The van der Waals surface area contributed by atoms with Gasteiger partial charge in [0, 0.05) is 17.9 Å². The van der Waals surface area contributed by atoms with E-state index in [4.69, 9.17) is 26.2 Å². The quantitative estimate of drug-likeness (QED) is 0.474. The first-order valence-electron chi connectivity index (χ1n) is 10.8. The lowest BCUT2D eigenvalue weighted by molar-refractivity contribution is -0.137. The van der Waals surface area contributed by atoms with Gasteiger partial charge in [-0.15, -0.1) is 0 Å². The van der Waals surface area contributed by atoms with Crippen LogP contribution in [0.1, 0.15) is 24.0 Å². The van der Waals surface area contributed by atoms with Crippen molar-refractivity contribution >= 4 is 29.2 Å². The Morgan fingerprint density at radius 1 is 1.03 bits per heavy atom. The lowest BCUT2D eigenvalue weighted by Crippen LogP contribution is -2.46. The first-order valence-corrected chi connectivity index (χ1v) is 11.1. The van der Waals surface area contributed by atoms with E-state index in [1.165, 1.54) is 0 Å². The van der Waals surface area contributed by atoms with Gasteiger partial charge >= 0.3 is 5.97 Å². The van der Waals surface area contributed by atoms with Gasteiger partial charge in [-0.3, -0.25) is 9.59 Å². The Morgan fingerprint density at radius 3 is 2.55 bits per heavy atom. The van der Waals surface area contributed by atoms with Crippen LogP contribution in [-0.2, 0) is 22.6 Å². The van der Waals surface area contributed by atoms with Gasteiger partial charge in [-0.2, -0.15) is 0 Å². The SMILES string of the molecule is O=C(O)CCc1ccccc1OCCC1Oc2ccccc2N(Cc2ccc(Cl)cc2)C1=O. The van der Waals surface area contributed by atoms with Crippen LogP contribution in [0.15, 0.2) is 72.8 Å². The number of aryl methyl sites for hydroxylation is 1. The van der Waals surface area contributed by atoms with Gasteiger partial charge in [-0.25, -0.2) is 0 Å². The molecule has 0 saturated carbocycles. The molecule has 1 aliphatic rings. The molecule has 3 aromatic carbocycles. The molecule has 0 aromatic heterocycles. The average Bonchev–Trinajstić information content (AvgIpc) is 2.82. The van der Waals surface area contributed by atoms with Crippen LogP contribution in [0.3, 0.4) is 0 Å². The van der Waals surface area contributed by atoms with E-state index in [0.717, 1.165) is 16.8 Å². The number of fused-ring (bicyclic) bond motifs is 1. The van der Waals surface area contributed by atoms with E-state index < -0.39 is 12.1 Å². The number of halogens is 1. The minimum atomic E-state index is -0.856. The molecule has 1 N–H and O–H groups in total. The minimum Gasteiger partial charge on any atom is -0.493 e. The topological polar surface area (TPSA) is 76.1 Å². The number of rotatable bonds is 9. The Morgan fingerprint density at radius 2 is 1.76 bits per heavy atom. The van der Waals surface area contributed by atoms with Crippen molar-refractivity contribution in [2.24, 2.45) is 0 Å². The maximum absolute atomic E-state index is 13.3. The predicted octanol–water partition coefficient (Wildman–Crippen LogP) is 5.12. The molecule has 0 aliphatic carbocycles. The van der Waals surface area contributed by atoms with Gasteiger partial charge in [-0.05, 0) is 47.9 Å². The Hall–Kier alpha value is -3.51. The number of hydrogen-bond acceptors (Lipinski definition) is 4. The number of nitrogens with zero attached hydrogens (tertiary/aromatic N) is 1. The number of carbonyl (C=O) groups is 2. The molecule has 1 unspecified atom stereocenters. The second-order valence-corrected chi connectivity index (χ2v) is 8.20. The zero-order valence-electron chi connectivity index (χ0n) is 17.9. The summed E-state index contributed by atoms with van der Waals surface area (Å²) in [4.78, 5) is 25.9.